The number of carboxylic acid groups (broad SMARTS) is 1. The minimum atomic E-state index is -3.68. The maximum absolute atomic E-state index is 12.0. The molecule has 0 unspecified atom stereocenters. The molecule has 0 aliphatic heterocycles. The molecule has 0 saturated heterocycles. The average molecular weight is 320 g/mol. The number of sulfone groups is 1. The van der Waals surface area contributed by atoms with E-state index in [9.17, 15) is 18.0 Å². The van der Waals surface area contributed by atoms with Gasteiger partial charge in [0.25, 0.3) is 0 Å². The molecule has 0 heterocycles. The summed E-state index contributed by atoms with van der Waals surface area (Å²) in [6, 6.07) is 3.39. The minimum Gasteiger partial charge on any atom is -0.478 e. The molecule has 0 aliphatic rings. The van der Waals surface area contributed by atoms with E-state index in [0.717, 1.165) is 12.1 Å². The number of halogens is 1. The number of nitrogens with zero attached hydrogens (tertiary/aromatic N) is 1. The first-order valence-electron chi connectivity index (χ1n) is 5.61. The molecular formula is C12H14ClNO5S. The van der Waals surface area contributed by atoms with Gasteiger partial charge in [-0.15, -0.1) is 0 Å². The molecule has 20 heavy (non-hydrogen) atoms. The molecule has 0 aromatic heterocycles. The SMILES string of the molecule is CN(C)C(=O)CCS(=O)(=O)c1ccc(C(=O)O)c(Cl)c1. The van der Waals surface area contributed by atoms with Crippen molar-refractivity contribution < 1.29 is 23.1 Å². The lowest BCUT2D eigenvalue weighted by Crippen LogP contribution is -2.24. The van der Waals surface area contributed by atoms with Crippen LogP contribution in [-0.2, 0) is 14.6 Å². The van der Waals surface area contributed by atoms with Gasteiger partial charge in [0.1, 0.15) is 0 Å². The molecule has 0 atom stereocenters. The number of carboxylic acids is 1. The monoisotopic (exact) mass is 319 g/mol. The molecular weight excluding hydrogens is 306 g/mol. The summed E-state index contributed by atoms with van der Waals surface area (Å²) in [5.74, 6) is -1.89. The van der Waals surface area contributed by atoms with Crippen LogP contribution in [0.5, 0.6) is 0 Å². The summed E-state index contributed by atoms with van der Waals surface area (Å²) in [6.07, 6.45) is -0.145. The van der Waals surface area contributed by atoms with Gasteiger partial charge >= 0.3 is 5.97 Å². The first-order valence-corrected chi connectivity index (χ1v) is 7.64. The fourth-order valence-electron chi connectivity index (χ4n) is 1.43. The van der Waals surface area contributed by atoms with Crippen molar-refractivity contribution in [3.63, 3.8) is 0 Å². The van der Waals surface area contributed by atoms with Gasteiger partial charge in [0.15, 0.2) is 9.84 Å². The summed E-state index contributed by atoms with van der Waals surface area (Å²) in [5, 5.41) is 8.66. The maximum Gasteiger partial charge on any atom is 0.337 e. The Morgan fingerprint density at radius 3 is 2.35 bits per heavy atom. The lowest BCUT2D eigenvalue weighted by atomic mass is 10.2. The van der Waals surface area contributed by atoms with E-state index in [1.807, 2.05) is 0 Å². The largest absolute Gasteiger partial charge is 0.478 e. The third-order valence-electron chi connectivity index (χ3n) is 2.61. The number of rotatable bonds is 5. The van der Waals surface area contributed by atoms with Crippen molar-refractivity contribution in [2.45, 2.75) is 11.3 Å². The average Bonchev–Trinajstić information content (AvgIpc) is 2.35. The molecule has 110 valence electrons. The molecule has 1 rings (SSSR count). The van der Waals surface area contributed by atoms with E-state index in [1.54, 1.807) is 0 Å². The first kappa shape index (κ1) is 16.5. The lowest BCUT2D eigenvalue weighted by molar-refractivity contribution is -0.128. The zero-order valence-electron chi connectivity index (χ0n) is 11.0. The fraction of sp³-hybridized carbons (Fsp3) is 0.333. The van der Waals surface area contributed by atoms with E-state index < -0.39 is 15.8 Å². The van der Waals surface area contributed by atoms with E-state index in [1.165, 1.54) is 25.1 Å². The van der Waals surface area contributed by atoms with Crippen LogP contribution in [0.2, 0.25) is 5.02 Å². The van der Waals surface area contributed by atoms with E-state index in [0.29, 0.717) is 0 Å². The van der Waals surface area contributed by atoms with Gasteiger partial charge in [-0.2, -0.15) is 0 Å². The number of carbonyl (C=O) groups excluding carboxylic acids is 1. The third-order valence-corrected chi connectivity index (χ3v) is 4.64. The minimum absolute atomic E-state index is 0.0981. The van der Waals surface area contributed by atoms with Crippen molar-refractivity contribution in [2.24, 2.45) is 0 Å². The zero-order valence-corrected chi connectivity index (χ0v) is 12.5. The van der Waals surface area contributed by atoms with E-state index >= 15 is 0 Å². The van der Waals surface area contributed by atoms with Gasteiger partial charge in [-0.3, -0.25) is 4.79 Å². The smallest absolute Gasteiger partial charge is 0.337 e. The van der Waals surface area contributed by atoms with Crippen molar-refractivity contribution in [2.75, 3.05) is 19.8 Å². The number of amides is 1. The van der Waals surface area contributed by atoms with E-state index in [4.69, 9.17) is 16.7 Å². The van der Waals surface area contributed by atoms with Crippen LogP contribution in [0.1, 0.15) is 16.8 Å². The van der Waals surface area contributed by atoms with Crippen LogP contribution in [0.25, 0.3) is 0 Å². The summed E-state index contributed by atoms with van der Waals surface area (Å²) < 4.78 is 24.0. The highest BCUT2D eigenvalue weighted by Gasteiger charge is 2.19. The Morgan fingerprint density at radius 1 is 1.30 bits per heavy atom. The predicted molar refractivity (Wildman–Crippen MR) is 73.8 cm³/mol. The van der Waals surface area contributed by atoms with Crippen LogP contribution >= 0.6 is 11.6 Å². The number of hydrogen-bond acceptors (Lipinski definition) is 4. The lowest BCUT2D eigenvalue weighted by Gasteiger charge is -2.10. The second-order valence-electron chi connectivity index (χ2n) is 4.30. The van der Waals surface area contributed by atoms with Gasteiger partial charge < -0.3 is 10.0 Å². The van der Waals surface area contributed by atoms with Gasteiger partial charge in [-0.05, 0) is 18.2 Å². The molecule has 0 fully saturated rings. The Balaban J connectivity index is 2.96. The van der Waals surface area contributed by atoms with E-state index in [-0.39, 0.29) is 33.6 Å². The summed E-state index contributed by atoms with van der Waals surface area (Å²) in [5.41, 5.74) is -0.171. The maximum atomic E-state index is 12.0. The van der Waals surface area contributed by atoms with Gasteiger partial charge in [0.05, 0.1) is 21.2 Å². The molecule has 1 aromatic rings. The van der Waals surface area contributed by atoms with Crippen LogP contribution < -0.4 is 0 Å². The highest BCUT2D eigenvalue weighted by Crippen LogP contribution is 2.22. The zero-order chi connectivity index (χ0) is 15.5. The number of hydrogen-bond donors (Lipinski definition) is 1. The molecule has 8 heteroatoms. The van der Waals surface area contributed by atoms with Crippen molar-refractivity contribution in [1.82, 2.24) is 4.90 Å². The fourth-order valence-corrected chi connectivity index (χ4v) is 3.00. The van der Waals surface area contributed by atoms with Crippen LogP contribution in [0, 0.1) is 0 Å². The Hall–Kier alpha value is -1.60. The standard InChI is InChI=1S/C12H14ClNO5S/c1-14(2)11(15)5-6-20(18,19)8-3-4-9(12(16)17)10(13)7-8/h3-4,7H,5-6H2,1-2H3,(H,16,17). The van der Waals surface area contributed by atoms with Crippen LogP contribution in [0.15, 0.2) is 23.1 Å². The Labute approximate surface area is 121 Å². The van der Waals surface area contributed by atoms with Gasteiger partial charge in [-0.25, -0.2) is 13.2 Å². The van der Waals surface area contributed by atoms with Gasteiger partial charge in [0.2, 0.25) is 5.91 Å². The summed E-state index contributed by atoms with van der Waals surface area (Å²) in [7, 11) is -0.608. The molecule has 0 aliphatic carbocycles. The second-order valence-corrected chi connectivity index (χ2v) is 6.82. The van der Waals surface area contributed by atoms with Crippen molar-refractivity contribution >= 4 is 33.3 Å². The normalized spacial score (nSPS) is 11.2. The Morgan fingerprint density at radius 2 is 1.90 bits per heavy atom. The number of carbonyl (C=O) groups is 2. The van der Waals surface area contributed by atoms with E-state index in [2.05, 4.69) is 0 Å². The molecule has 1 amide bonds. The summed E-state index contributed by atoms with van der Waals surface area (Å²) >= 11 is 5.72. The van der Waals surface area contributed by atoms with Gasteiger partial charge in [0, 0.05) is 20.5 Å². The molecule has 0 spiro atoms. The molecule has 1 aromatic carbocycles. The topological polar surface area (TPSA) is 91.8 Å². The number of aromatic carboxylic acids is 1. The summed E-state index contributed by atoms with van der Waals surface area (Å²) in [6.45, 7) is 0. The molecule has 0 radical (unpaired) electrons. The Bertz CT molecular complexity index is 639. The van der Waals surface area contributed by atoms with Gasteiger partial charge in [-0.1, -0.05) is 11.6 Å². The van der Waals surface area contributed by atoms with Crippen LogP contribution in [0.3, 0.4) is 0 Å². The van der Waals surface area contributed by atoms with Crippen molar-refractivity contribution in [3.8, 4) is 0 Å². The third kappa shape index (κ3) is 3.94. The quantitative estimate of drug-likeness (QED) is 0.883. The van der Waals surface area contributed by atoms with Crippen molar-refractivity contribution in [3.05, 3.63) is 28.8 Å². The second kappa shape index (κ2) is 6.23. The molecule has 0 bridgehead atoms. The molecule has 1 N–H and O–H groups in total. The Kier molecular flexibility index (Phi) is 5.13. The van der Waals surface area contributed by atoms with Crippen LogP contribution in [-0.4, -0.2) is 50.1 Å². The number of benzene rings is 1. The summed E-state index contributed by atoms with van der Waals surface area (Å²) in [4.78, 5) is 23.4. The molecule has 0 saturated carbocycles. The molecule has 6 nitrogen and oxygen atoms in total. The first-order chi connectivity index (χ1) is 9.15. The van der Waals surface area contributed by atoms with Crippen molar-refractivity contribution in [1.29, 1.82) is 0 Å². The predicted octanol–water partition coefficient (Wildman–Crippen LogP) is 1.29. The highest BCUT2D eigenvalue weighted by molar-refractivity contribution is 7.91. The highest BCUT2D eigenvalue weighted by atomic mass is 35.5. The van der Waals surface area contributed by atoms with Crippen LogP contribution in [0.4, 0.5) is 0 Å².